The topological polar surface area (TPSA) is 75.3 Å². The van der Waals surface area contributed by atoms with E-state index < -0.39 is 33.1 Å². The summed E-state index contributed by atoms with van der Waals surface area (Å²) in [6.07, 6.45) is 3.43. The molecule has 26 heavy (non-hydrogen) atoms. The van der Waals surface area contributed by atoms with Crippen LogP contribution in [0, 0.1) is 11.6 Å². The summed E-state index contributed by atoms with van der Waals surface area (Å²) in [5.74, 6) is -2.27. The zero-order valence-electron chi connectivity index (χ0n) is 13.8. The van der Waals surface area contributed by atoms with Gasteiger partial charge in [-0.1, -0.05) is 18.9 Å². The number of hydrogen-bond donors (Lipinski definition) is 2. The number of hydrogen-bond acceptors (Lipinski definition) is 3. The van der Waals surface area contributed by atoms with E-state index in [0.29, 0.717) is 0 Å². The summed E-state index contributed by atoms with van der Waals surface area (Å²) in [7, 11) is -3.85. The molecule has 8 heteroatoms. The average Bonchev–Trinajstić information content (AvgIpc) is 3.07. The van der Waals surface area contributed by atoms with Crippen molar-refractivity contribution in [1.29, 1.82) is 0 Å². The quantitative estimate of drug-likeness (QED) is 0.834. The van der Waals surface area contributed by atoms with E-state index in [-0.39, 0.29) is 16.6 Å². The molecule has 1 amide bonds. The van der Waals surface area contributed by atoms with Gasteiger partial charge in [0.25, 0.3) is 5.91 Å². The van der Waals surface area contributed by atoms with E-state index in [2.05, 4.69) is 10.0 Å². The Hall–Kier alpha value is -2.32. The maximum Gasteiger partial charge on any atom is 0.258 e. The molecule has 5 nitrogen and oxygen atoms in total. The molecule has 3 rings (SSSR count). The minimum Gasteiger partial charge on any atom is -0.322 e. The van der Waals surface area contributed by atoms with E-state index >= 15 is 0 Å². The number of anilines is 1. The Balaban J connectivity index is 1.83. The van der Waals surface area contributed by atoms with Crippen molar-refractivity contribution >= 4 is 21.6 Å². The fourth-order valence-electron chi connectivity index (χ4n) is 2.94. The minimum atomic E-state index is -3.85. The lowest BCUT2D eigenvalue weighted by Gasteiger charge is -2.13. The van der Waals surface area contributed by atoms with Gasteiger partial charge in [0.15, 0.2) is 0 Å². The highest BCUT2D eigenvalue weighted by molar-refractivity contribution is 7.89. The summed E-state index contributed by atoms with van der Waals surface area (Å²) in [5, 5.41) is 2.36. The van der Waals surface area contributed by atoms with Gasteiger partial charge in [0.1, 0.15) is 11.6 Å². The van der Waals surface area contributed by atoms with E-state index in [4.69, 9.17) is 0 Å². The lowest BCUT2D eigenvalue weighted by atomic mass is 10.2. The molecule has 2 N–H and O–H groups in total. The maximum absolute atomic E-state index is 14.0. The van der Waals surface area contributed by atoms with Crippen LogP contribution in [0.2, 0.25) is 0 Å². The third-order valence-corrected chi connectivity index (χ3v) is 5.77. The van der Waals surface area contributed by atoms with Gasteiger partial charge in [-0.2, -0.15) is 0 Å². The van der Waals surface area contributed by atoms with E-state index in [1.54, 1.807) is 0 Å². The van der Waals surface area contributed by atoms with Crippen LogP contribution in [-0.2, 0) is 10.0 Å². The molecule has 0 aliphatic heterocycles. The Morgan fingerprint density at radius 2 is 1.77 bits per heavy atom. The molecule has 2 aromatic rings. The third kappa shape index (κ3) is 4.25. The molecule has 0 saturated heterocycles. The lowest BCUT2D eigenvalue weighted by Crippen LogP contribution is -2.32. The van der Waals surface area contributed by atoms with Gasteiger partial charge in [-0.25, -0.2) is 21.9 Å². The zero-order chi connectivity index (χ0) is 18.7. The average molecular weight is 380 g/mol. The van der Waals surface area contributed by atoms with Crippen LogP contribution < -0.4 is 10.0 Å². The first-order valence-electron chi connectivity index (χ1n) is 8.24. The molecule has 0 aromatic heterocycles. The van der Waals surface area contributed by atoms with Crippen LogP contribution in [0.1, 0.15) is 36.0 Å². The SMILES string of the molecule is O=C(Nc1cccc(F)c1)c1cc(S(=O)(=O)NC2CCCC2)ccc1F. The Morgan fingerprint density at radius 1 is 1.04 bits per heavy atom. The summed E-state index contributed by atoms with van der Waals surface area (Å²) in [6, 6.07) is 8.02. The first-order chi connectivity index (χ1) is 12.3. The molecule has 0 spiro atoms. The Kier molecular flexibility index (Phi) is 5.33. The molecule has 0 unspecified atom stereocenters. The van der Waals surface area contributed by atoms with Crippen LogP contribution in [0.3, 0.4) is 0 Å². The highest BCUT2D eigenvalue weighted by Crippen LogP contribution is 2.22. The van der Waals surface area contributed by atoms with Gasteiger partial charge < -0.3 is 5.32 Å². The predicted octanol–water partition coefficient (Wildman–Crippen LogP) is 3.44. The fourth-order valence-corrected chi connectivity index (χ4v) is 4.27. The zero-order valence-corrected chi connectivity index (χ0v) is 14.7. The molecule has 0 atom stereocenters. The largest absolute Gasteiger partial charge is 0.322 e. The van der Waals surface area contributed by atoms with Gasteiger partial charge in [-0.3, -0.25) is 4.79 Å². The molecule has 0 heterocycles. The van der Waals surface area contributed by atoms with Gasteiger partial charge in [-0.15, -0.1) is 0 Å². The van der Waals surface area contributed by atoms with Crippen LogP contribution in [0.15, 0.2) is 47.4 Å². The first-order valence-corrected chi connectivity index (χ1v) is 9.72. The Bertz CT molecular complexity index is 926. The normalized spacial score (nSPS) is 15.2. The first kappa shape index (κ1) is 18.5. The van der Waals surface area contributed by atoms with Crippen molar-refractivity contribution in [2.45, 2.75) is 36.6 Å². The number of nitrogens with one attached hydrogen (secondary N) is 2. The van der Waals surface area contributed by atoms with Gasteiger partial charge in [0.05, 0.1) is 10.5 Å². The molecular formula is C18H18F2N2O3S. The second-order valence-corrected chi connectivity index (χ2v) is 7.92. The van der Waals surface area contributed by atoms with Gasteiger partial charge in [0.2, 0.25) is 10.0 Å². The smallest absolute Gasteiger partial charge is 0.258 e. The van der Waals surface area contributed by atoms with Crippen LogP contribution in [0.25, 0.3) is 0 Å². The number of halogens is 2. The lowest BCUT2D eigenvalue weighted by molar-refractivity contribution is 0.102. The molecule has 1 fully saturated rings. The Morgan fingerprint density at radius 3 is 2.46 bits per heavy atom. The summed E-state index contributed by atoms with van der Waals surface area (Å²) < 4.78 is 54.8. The van der Waals surface area contributed by atoms with Crippen molar-refractivity contribution in [1.82, 2.24) is 4.72 Å². The number of carbonyl (C=O) groups is 1. The number of benzene rings is 2. The maximum atomic E-state index is 14.0. The molecule has 1 saturated carbocycles. The van der Waals surface area contributed by atoms with Crippen molar-refractivity contribution < 1.29 is 22.0 Å². The van der Waals surface area contributed by atoms with Gasteiger partial charge in [-0.05, 0) is 49.2 Å². The number of rotatable bonds is 5. The number of sulfonamides is 1. The summed E-state index contributed by atoms with van der Waals surface area (Å²) in [5.41, 5.74) is -0.282. The van der Waals surface area contributed by atoms with Crippen molar-refractivity contribution in [3.63, 3.8) is 0 Å². The molecule has 0 bridgehead atoms. The summed E-state index contributed by atoms with van der Waals surface area (Å²) >= 11 is 0. The van der Waals surface area contributed by atoms with E-state index in [1.807, 2.05) is 0 Å². The van der Waals surface area contributed by atoms with Gasteiger partial charge in [0, 0.05) is 11.7 Å². The second kappa shape index (κ2) is 7.51. The van der Waals surface area contributed by atoms with Crippen LogP contribution >= 0.6 is 0 Å². The highest BCUT2D eigenvalue weighted by Gasteiger charge is 2.24. The molecule has 2 aromatic carbocycles. The number of amides is 1. The monoisotopic (exact) mass is 380 g/mol. The molecule has 1 aliphatic carbocycles. The van der Waals surface area contributed by atoms with Crippen molar-refractivity contribution in [3.8, 4) is 0 Å². The summed E-state index contributed by atoms with van der Waals surface area (Å²) in [6.45, 7) is 0. The molecule has 138 valence electrons. The van der Waals surface area contributed by atoms with E-state index in [9.17, 15) is 22.0 Å². The van der Waals surface area contributed by atoms with Crippen molar-refractivity contribution in [3.05, 3.63) is 59.7 Å². The van der Waals surface area contributed by atoms with Gasteiger partial charge >= 0.3 is 0 Å². The molecule has 0 radical (unpaired) electrons. The van der Waals surface area contributed by atoms with E-state index in [0.717, 1.165) is 49.9 Å². The van der Waals surface area contributed by atoms with Crippen LogP contribution in [0.4, 0.5) is 14.5 Å². The van der Waals surface area contributed by atoms with Crippen LogP contribution in [0.5, 0.6) is 0 Å². The molecule has 1 aliphatic rings. The van der Waals surface area contributed by atoms with Crippen molar-refractivity contribution in [2.75, 3.05) is 5.32 Å². The highest BCUT2D eigenvalue weighted by atomic mass is 32.2. The number of carbonyl (C=O) groups excluding carboxylic acids is 1. The predicted molar refractivity (Wildman–Crippen MR) is 93.3 cm³/mol. The van der Waals surface area contributed by atoms with Crippen LogP contribution in [-0.4, -0.2) is 20.4 Å². The third-order valence-electron chi connectivity index (χ3n) is 4.25. The minimum absolute atomic E-state index is 0.144. The second-order valence-electron chi connectivity index (χ2n) is 6.21. The van der Waals surface area contributed by atoms with E-state index in [1.165, 1.54) is 18.2 Å². The van der Waals surface area contributed by atoms with Crippen molar-refractivity contribution in [2.24, 2.45) is 0 Å². The summed E-state index contributed by atoms with van der Waals surface area (Å²) in [4.78, 5) is 12.1. The standard InChI is InChI=1S/C18H18F2N2O3S/c19-12-4-3-7-14(10-12)21-18(23)16-11-15(8-9-17(16)20)26(24,25)22-13-5-1-2-6-13/h3-4,7-11,13,22H,1-2,5-6H2,(H,21,23). The molecular weight excluding hydrogens is 362 g/mol. The Labute approximate surface area is 150 Å². The fraction of sp³-hybridized carbons (Fsp3) is 0.278.